The summed E-state index contributed by atoms with van der Waals surface area (Å²) in [7, 11) is -3.83. The lowest BCUT2D eigenvalue weighted by atomic mass is 9.94. The number of aryl methyl sites for hydroxylation is 1. The number of ether oxygens (including phenoxy) is 1. The number of sulfonamides is 1. The zero-order valence-electron chi connectivity index (χ0n) is 23.5. The Labute approximate surface area is 237 Å². The van der Waals surface area contributed by atoms with Crippen LogP contribution in [-0.4, -0.2) is 56.0 Å². The molecular weight excluding hydrogens is 530 g/mol. The third-order valence-corrected chi connectivity index (χ3v) is 8.94. The number of rotatable bonds is 14. The molecule has 0 unspecified atom stereocenters. The molecule has 0 atom stereocenters. The van der Waals surface area contributed by atoms with Crippen LogP contribution in [-0.2, 0) is 19.6 Å². The SMILES string of the molecule is CCCCOC(=O)CCNS(=O)(=O)c1ccc(NC(=O)c2cc(N(CC3CC3)C3CCCCC3)ncn2)c(C)c1. The first-order valence-corrected chi connectivity index (χ1v) is 15.9. The molecule has 2 aromatic rings. The first-order valence-electron chi connectivity index (χ1n) is 14.4. The Morgan fingerprint density at radius 2 is 1.85 bits per heavy atom. The maximum atomic E-state index is 13.1. The van der Waals surface area contributed by atoms with Crippen LogP contribution < -0.4 is 14.9 Å². The minimum atomic E-state index is -3.83. The zero-order chi connectivity index (χ0) is 28.5. The first-order chi connectivity index (χ1) is 19.3. The lowest BCUT2D eigenvalue weighted by Crippen LogP contribution is -2.39. The Morgan fingerprint density at radius 3 is 2.55 bits per heavy atom. The molecule has 0 aliphatic heterocycles. The average molecular weight is 572 g/mol. The lowest BCUT2D eigenvalue weighted by Gasteiger charge is -2.35. The Kier molecular flexibility index (Phi) is 10.5. The van der Waals surface area contributed by atoms with Gasteiger partial charge < -0.3 is 15.0 Å². The fraction of sp³-hybridized carbons (Fsp3) is 0.586. The van der Waals surface area contributed by atoms with Crippen LogP contribution in [0.2, 0.25) is 0 Å². The van der Waals surface area contributed by atoms with Crippen molar-refractivity contribution in [1.82, 2.24) is 14.7 Å². The number of esters is 1. The van der Waals surface area contributed by atoms with Crippen LogP contribution in [0.4, 0.5) is 11.5 Å². The van der Waals surface area contributed by atoms with E-state index >= 15 is 0 Å². The quantitative estimate of drug-likeness (QED) is 0.249. The number of hydrogen-bond donors (Lipinski definition) is 2. The number of carbonyl (C=O) groups is 2. The monoisotopic (exact) mass is 571 g/mol. The number of amides is 1. The highest BCUT2D eigenvalue weighted by molar-refractivity contribution is 7.89. The smallest absolute Gasteiger partial charge is 0.307 e. The summed E-state index contributed by atoms with van der Waals surface area (Å²) < 4.78 is 32.9. The molecule has 1 aromatic carbocycles. The summed E-state index contributed by atoms with van der Waals surface area (Å²) in [6.45, 7) is 4.97. The van der Waals surface area contributed by atoms with Crippen molar-refractivity contribution in [2.45, 2.75) is 89.0 Å². The van der Waals surface area contributed by atoms with E-state index in [-0.39, 0.29) is 29.5 Å². The van der Waals surface area contributed by atoms with Gasteiger partial charge in [-0.05, 0) is 68.7 Å². The van der Waals surface area contributed by atoms with Gasteiger partial charge in [-0.3, -0.25) is 9.59 Å². The molecule has 1 amide bonds. The third-order valence-electron chi connectivity index (χ3n) is 7.49. The van der Waals surface area contributed by atoms with Gasteiger partial charge in [0, 0.05) is 30.9 Å². The summed E-state index contributed by atoms with van der Waals surface area (Å²) >= 11 is 0. The molecule has 0 saturated heterocycles. The standard InChI is InChI=1S/C29H41N5O5S/c1-3-4-16-39-28(35)14-15-32-40(37,38)24-12-13-25(21(2)17-24)33-29(36)26-18-27(31-20-30-26)34(19-22-10-11-22)23-8-6-5-7-9-23/h12-13,17-18,20,22-23,32H,3-11,14-16,19H2,1-2H3,(H,33,36). The van der Waals surface area contributed by atoms with E-state index in [0.717, 1.165) is 38.0 Å². The Balaban J connectivity index is 1.38. The van der Waals surface area contributed by atoms with Gasteiger partial charge in [0.15, 0.2) is 0 Å². The molecule has 0 radical (unpaired) electrons. The number of aromatic nitrogens is 2. The number of hydrogen-bond acceptors (Lipinski definition) is 8. The summed E-state index contributed by atoms with van der Waals surface area (Å²) in [5, 5.41) is 2.86. The summed E-state index contributed by atoms with van der Waals surface area (Å²) in [6.07, 6.45) is 11.6. The molecule has 0 spiro atoms. The van der Waals surface area contributed by atoms with Gasteiger partial charge in [0.05, 0.1) is 17.9 Å². The molecule has 2 fully saturated rings. The van der Waals surface area contributed by atoms with Crippen molar-refractivity contribution in [3.8, 4) is 0 Å². The van der Waals surface area contributed by atoms with Gasteiger partial charge in [-0.2, -0.15) is 0 Å². The van der Waals surface area contributed by atoms with Crippen molar-refractivity contribution in [3.63, 3.8) is 0 Å². The Morgan fingerprint density at radius 1 is 1.07 bits per heavy atom. The van der Waals surface area contributed by atoms with Crippen molar-refractivity contribution >= 4 is 33.4 Å². The molecule has 10 nitrogen and oxygen atoms in total. The van der Waals surface area contributed by atoms with Crippen LogP contribution in [0.1, 0.15) is 87.2 Å². The van der Waals surface area contributed by atoms with E-state index in [4.69, 9.17) is 4.74 Å². The van der Waals surface area contributed by atoms with Crippen LogP contribution in [0.3, 0.4) is 0 Å². The second-order valence-corrected chi connectivity index (χ2v) is 12.6. The normalized spacial score (nSPS) is 15.9. The minimum Gasteiger partial charge on any atom is -0.466 e. The Hall–Kier alpha value is -3.05. The van der Waals surface area contributed by atoms with E-state index in [1.807, 2.05) is 6.92 Å². The van der Waals surface area contributed by atoms with E-state index < -0.39 is 16.0 Å². The number of nitrogens with zero attached hydrogens (tertiary/aromatic N) is 3. The molecule has 2 aliphatic rings. The number of anilines is 2. The molecule has 11 heteroatoms. The molecule has 2 aliphatic carbocycles. The van der Waals surface area contributed by atoms with Crippen LogP contribution >= 0.6 is 0 Å². The number of nitrogens with one attached hydrogen (secondary N) is 2. The first kappa shape index (κ1) is 29.9. The van der Waals surface area contributed by atoms with Gasteiger partial charge in [0.1, 0.15) is 17.8 Å². The fourth-order valence-corrected chi connectivity index (χ4v) is 6.05. The molecule has 4 rings (SSSR count). The summed E-state index contributed by atoms with van der Waals surface area (Å²) in [4.78, 5) is 36.1. The number of carbonyl (C=O) groups excluding carboxylic acids is 2. The molecule has 218 valence electrons. The van der Waals surface area contributed by atoms with Crippen LogP contribution in [0.5, 0.6) is 0 Å². The van der Waals surface area contributed by atoms with Crippen molar-refractivity contribution in [2.24, 2.45) is 5.92 Å². The molecule has 1 aromatic heterocycles. The topological polar surface area (TPSA) is 131 Å². The van der Waals surface area contributed by atoms with Crippen LogP contribution in [0.25, 0.3) is 0 Å². The van der Waals surface area contributed by atoms with Crippen molar-refractivity contribution in [2.75, 3.05) is 29.9 Å². The van der Waals surface area contributed by atoms with Crippen LogP contribution in [0.15, 0.2) is 35.5 Å². The van der Waals surface area contributed by atoms with E-state index in [0.29, 0.717) is 29.8 Å². The molecular formula is C29H41N5O5S. The van der Waals surface area contributed by atoms with Gasteiger partial charge in [-0.15, -0.1) is 0 Å². The van der Waals surface area contributed by atoms with Gasteiger partial charge in [0.25, 0.3) is 5.91 Å². The van der Waals surface area contributed by atoms with Crippen molar-refractivity contribution in [1.29, 1.82) is 0 Å². The van der Waals surface area contributed by atoms with E-state index in [1.165, 1.54) is 50.6 Å². The predicted molar refractivity (Wildman–Crippen MR) is 154 cm³/mol. The maximum Gasteiger partial charge on any atom is 0.307 e. The summed E-state index contributed by atoms with van der Waals surface area (Å²) in [5.41, 5.74) is 1.35. The Bertz CT molecular complexity index is 1280. The van der Waals surface area contributed by atoms with Crippen LogP contribution in [0, 0.1) is 12.8 Å². The van der Waals surface area contributed by atoms with Crippen molar-refractivity contribution in [3.05, 3.63) is 41.9 Å². The highest BCUT2D eigenvalue weighted by atomic mass is 32.2. The molecule has 2 saturated carbocycles. The maximum absolute atomic E-state index is 13.1. The minimum absolute atomic E-state index is 0.0458. The second kappa shape index (κ2) is 14.0. The number of unbranched alkanes of at least 4 members (excludes halogenated alkanes) is 1. The van der Waals surface area contributed by atoms with E-state index in [1.54, 1.807) is 19.1 Å². The fourth-order valence-electron chi connectivity index (χ4n) is 4.93. The average Bonchev–Trinajstić information content (AvgIpc) is 3.78. The largest absolute Gasteiger partial charge is 0.466 e. The summed E-state index contributed by atoms with van der Waals surface area (Å²) in [5.74, 6) is 0.669. The molecule has 2 N–H and O–H groups in total. The van der Waals surface area contributed by atoms with E-state index in [9.17, 15) is 18.0 Å². The van der Waals surface area contributed by atoms with E-state index in [2.05, 4.69) is 24.9 Å². The second-order valence-electron chi connectivity index (χ2n) is 10.8. The molecule has 40 heavy (non-hydrogen) atoms. The highest BCUT2D eigenvalue weighted by Gasteiger charge is 2.30. The van der Waals surface area contributed by atoms with Gasteiger partial charge in [0.2, 0.25) is 10.0 Å². The third kappa shape index (κ3) is 8.47. The van der Waals surface area contributed by atoms with Gasteiger partial charge in [-0.1, -0.05) is 32.6 Å². The molecule has 1 heterocycles. The summed E-state index contributed by atoms with van der Waals surface area (Å²) in [6, 6.07) is 6.68. The highest BCUT2D eigenvalue weighted by Crippen LogP contribution is 2.34. The molecule has 0 bridgehead atoms. The lowest BCUT2D eigenvalue weighted by molar-refractivity contribution is -0.143. The van der Waals surface area contributed by atoms with Gasteiger partial charge in [-0.25, -0.2) is 23.1 Å². The zero-order valence-corrected chi connectivity index (χ0v) is 24.3. The van der Waals surface area contributed by atoms with Crippen molar-refractivity contribution < 1.29 is 22.7 Å². The predicted octanol–water partition coefficient (Wildman–Crippen LogP) is 4.60. The number of benzene rings is 1. The van der Waals surface area contributed by atoms with Gasteiger partial charge >= 0.3 is 5.97 Å².